The maximum absolute atomic E-state index is 11.9. The second-order valence-electron chi connectivity index (χ2n) is 6.57. The molecule has 2 aromatic carbocycles. The Balaban J connectivity index is 1.59. The van der Waals surface area contributed by atoms with Gasteiger partial charge in [-0.2, -0.15) is 4.98 Å². The molecule has 0 aliphatic heterocycles. The fraction of sp³-hybridized carbons (Fsp3) is 0. The maximum atomic E-state index is 11.9. The first-order valence-corrected chi connectivity index (χ1v) is 9.32. The maximum Gasteiger partial charge on any atom is 0.373 e. The standard InChI is InChI=1S/C22H14N6O3/c29-28(30)20-21(27-17-9-2-8-16-15(17)7-4-11-23-16)25-13-26-22(20)31-18-10-1-5-14-6-3-12-24-19(14)18/h1-13H,(H,25,26,27). The molecular formula is C22H14N6O3. The molecule has 0 atom stereocenters. The van der Waals surface area contributed by atoms with Crippen molar-refractivity contribution in [1.29, 1.82) is 0 Å². The Hall–Kier alpha value is -4.66. The molecule has 0 spiro atoms. The number of rotatable bonds is 5. The number of nitro groups is 1. The van der Waals surface area contributed by atoms with Crippen molar-refractivity contribution in [1.82, 2.24) is 19.9 Å². The van der Waals surface area contributed by atoms with Gasteiger partial charge in [-0.3, -0.25) is 20.1 Å². The third-order valence-corrected chi connectivity index (χ3v) is 4.67. The minimum absolute atomic E-state index is 0.0135. The fourth-order valence-electron chi connectivity index (χ4n) is 3.30. The molecule has 0 aliphatic carbocycles. The van der Waals surface area contributed by atoms with Crippen LogP contribution in [0.4, 0.5) is 17.2 Å². The van der Waals surface area contributed by atoms with Crippen LogP contribution in [0, 0.1) is 10.1 Å². The van der Waals surface area contributed by atoms with Gasteiger partial charge in [0.25, 0.3) is 0 Å². The van der Waals surface area contributed by atoms with E-state index in [9.17, 15) is 10.1 Å². The van der Waals surface area contributed by atoms with E-state index in [4.69, 9.17) is 4.74 Å². The average Bonchev–Trinajstić information content (AvgIpc) is 2.79. The number of benzene rings is 2. The molecule has 150 valence electrons. The van der Waals surface area contributed by atoms with E-state index in [1.54, 1.807) is 42.7 Å². The van der Waals surface area contributed by atoms with Crippen molar-refractivity contribution in [2.75, 3.05) is 5.32 Å². The predicted octanol–water partition coefficient (Wildman–Crippen LogP) is 5.02. The molecule has 5 rings (SSSR count). The lowest BCUT2D eigenvalue weighted by molar-refractivity contribution is -0.385. The largest absolute Gasteiger partial charge is 0.431 e. The summed E-state index contributed by atoms with van der Waals surface area (Å²) in [7, 11) is 0. The minimum atomic E-state index is -0.570. The van der Waals surface area contributed by atoms with Gasteiger partial charge in [-0.1, -0.05) is 24.3 Å². The monoisotopic (exact) mass is 410 g/mol. The topological polar surface area (TPSA) is 116 Å². The number of fused-ring (bicyclic) bond motifs is 2. The zero-order chi connectivity index (χ0) is 21.2. The van der Waals surface area contributed by atoms with E-state index in [1.165, 1.54) is 6.33 Å². The van der Waals surface area contributed by atoms with Crippen molar-refractivity contribution >= 4 is 39.0 Å². The summed E-state index contributed by atoms with van der Waals surface area (Å²) in [6.07, 6.45) is 4.53. The van der Waals surface area contributed by atoms with E-state index in [-0.39, 0.29) is 17.4 Å². The van der Waals surface area contributed by atoms with Crippen LogP contribution in [0.1, 0.15) is 0 Å². The molecule has 3 heterocycles. The highest BCUT2D eigenvalue weighted by atomic mass is 16.6. The van der Waals surface area contributed by atoms with Crippen molar-refractivity contribution in [3.63, 3.8) is 0 Å². The molecule has 0 bridgehead atoms. The van der Waals surface area contributed by atoms with Crippen LogP contribution < -0.4 is 10.1 Å². The first-order chi connectivity index (χ1) is 15.2. The van der Waals surface area contributed by atoms with Gasteiger partial charge in [-0.05, 0) is 36.4 Å². The molecule has 0 aliphatic rings. The van der Waals surface area contributed by atoms with Crippen molar-refractivity contribution in [2.45, 2.75) is 0 Å². The van der Waals surface area contributed by atoms with E-state index in [2.05, 4.69) is 25.3 Å². The van der Waals surface area contributed by atoms with E-state index in [0.717, 1.165) is 16.3 Å². The van der Waals surface area contributed by atoms with Crippen LogP contribution in [0.15, 0.2) is 79.4 Å². The van der Waals surface area contributed by atoms with Crippen molar-refractivity contribution < 1.29 is 9.66 Å². The van der Waals surface area contributed by atoms with Crippen molar-refractivity contribution in [2.24, 2.45) is 0 Å². The first kappa shape index (κ1) is 18.4. The summed E-state index contributed by atoms with van der Waals surface area (Å²) in [5.74, 6) is 0.193. The van der Waals surface area contributed by atoms with Gasteiger partial charge in [0.15, 0.2) is 5.75 Å². The molecule has 0 saturated heterocycles. The van der Waals surface area contributed by atoms with Gasteiger partial charge in [-0.15, -0.1) is 0 Å². The smallest absolute Gasteiger partial charge is 0.373 e. The molecule has 0 radical (unpaired) electrons. The zero-order valence-corrected chi connectivity index (χ0v) is 16.0. The summed E-state index contributed by atoms with van der Waals surface area (Å²) < 4.78 is 5.84. The highest BCUT2D eigenvalue weighted by Gasteiger charge is 2.26. The van der Waals surface area contributed by atoms with E-state index in [0.29, 0.717) is 17.0 Å². The highest BCUT2D eigenvalue weighted by Crippen LogP contribution is 2.38. The number of ether oxygens (including phenoxy) is 1. The van der Waals surface area contributed by atoms with Crippen LogP contribution >= 0.6 is 0 Å². The second kappa shape index (κ2) is 7.64. The Kier molecular flexibility index (Phi) is 4.53. The lowest BCUT2D eigenvalue weighted by Gasteiger charge is -2.11. The number of nitrogens with one attached hydrogen (secondary N) is 1. The van der Waals surface area contributed by atoms with Gasteiger partial charge < -0.3 is 10.1 Å². The first-order valence-electron chi connectivity index (χ1n) is 9.32. The van der Waals surface area contributed by atoms with Gasteiger partial charge >= 0.3 is 11.6 Å². The highest BCUT2D eigenvalue weighted by molar-refractivity contribution is 5.93. The van der Waals surface area contributed by atoms with Crippen LogP contribution in [0.2, 0.25) is 0 Å². The number of aromatic nitrogens is 4. The molecule has 9 heteroatoms. The summed E-state index contributed by atoms with van der Waals surface area (Å²) in [6.45, 7) is 0. The van der Waals surface area contributed by atoms with E-state index < -0.39 is 4.92 Å². The van der Waals surface area contributed by atoms with E-state index >= 15 is 0 Å². The third-order valence-electron chi connectivity index (χ3n) is 4.67. The number of hydrogen-bond donors (Lipinski definition) is 1. The molecule has 5 aromatic rings. The van der Waals surface area contributed by atoms with Gasteiger partial charge in [0, 0.05) is 28.9 Å². The van der Waals surface area contributed by atoms with Gasteiger partial charge in [0.2, 0.25) is 5.82 Å². The SMILES string of the molecule is O=[N+]([O-])c1c(Nc2cccc3ncccc23)ncnc1Oc1cccc2cccnc12. The molecule has 1 N–H and O–H groups in total. The molecule has 9 nitrogen and oxygen atoms in total. The lowest BCUT2D eigenvalue weighted by Crippen LogP contribution is -2.04. The van der Waals surface area contributed by atoms with Crippen molar-refractivity contribution in [3.05, 3.63) is 89.5 Å². The summed E-state index contributed by atoms with van der Waals surface area (Å²) in [4.78, 5) is 28.1. The number of anilines is 2. The zero-order valence-electron chi connectivity index (χ0n) is 16.0. The normalized spacial score (nSPS) is 10.8. The molecule has 0 unspecified atom stereocenters. The Morgan fingerprint density at radius 2 is 1.68 bits per heavy atom. The Labute approximate surface area is 175 Å². The molecule has 0 saturated carbocycles. The van der Waals surface area contributed by atoms with Crippen LogP contribution in [0.3, 0.4) is 0 Å². The molecule has 31 heavy (non-hydrogen) atoms. The average molecular weight is 410 g/mol. The summed E-state index contributed by atoms with van der Waals surface area (Å²) in [6, 6.07) is 18.2. The van der Waals surface area contributed by atoms with Gasteiger partial charge in [0.05, 0.1) is 10.4 Å². The fourth-order valence-corrected chi connectivity index (χ4v) is 3.30. The second-order valence-corrected chi connectivity index (χ2v) is 6.57. The van der Waals surface area contributed by atoms with Gasteiger partial charge in [-0.25, -0.2) is 4.98 Å². The number of pyridine rings is 2. The third kappa shape index (κ3) is 3.44. The Bertz CT molecular complexity index is 1330. The summed E-state index contributed by atoms with van der Waals surface area (Å²) in [5.41, 5.74) is 1.58. The molecule has 0 fully saturated rings. The number of para-hydroxylation sites is 1. The van der Waals surface area contributed by atoms with Crippen LogP contribution in [0.25, 0.3) is 21.8 Å². The minimum Gasteiger partial charge on any atom is -0.431 e. The summed E-state index contributed by atoms with van der Waals surface area (Å²) in [5, 5.41) is 16.6. The quantitative estimate of drug-likeness (QED) is 0.317. The number of nitrogens with zero attached hydrogens (tertiary/aromatic N) is 5. The Morgan fingerprint density at radius 3 is 2.58 bits per heavy atom. The molecular weight excluding hydrogens is 396 g/mol. The Morgan fingerprint density at radius 1 is 0.871 bits per heavy atom. The molecule has 0 amide bonds. The number of hydrogen-bond acceptors (Lipinski definition) is 8. The predicted molar refractivity (Wildman–Crippen MR) is 116 cm³/mol. The lowest BCUT2D eigenvalue weighted by atomic mass is 10.2. The van der Waals surface area contributed by atoms with Crippen LogP contribution in [-0.2, 0) is 0 Å². The van der Waals surface area contributed by atoms with E-state index in [1.807, 2.05) is 30.3 Å². The molecule has 3 aromatic heterocycles. The van der Waals surface area contributed by atoms with Crippen molar-refractivity contribution in [3.8, 4) is 11.6 Å². The summed E-state index contributed by atoms with van der Waals surface area (Å²) >= 11 is 0. The van der Waals surface area contributed by atoms with Crippen LogP contribution in [-0.4, -0.2) is 24.9 Å². The van der Waals surface area contributed by atoms with Crippen LogP contribution in [0.5, 0.6) is 11.6 Å². The van der Waals surface area contributed by atoms with Gasteiger partial charge in [0.1, 0.15) is 11.8 Å².